The molecule has 0 aliphatic carbocycles. The standard InChI is InChI=1S/C19H15BrCl2F3N3O/c1-27-17(19(23,24)25)8-16(29)18(26)13-6-10(14(21)7-15(13)22)9-28-12-4-2-11(20)3-5-12/h2-8,26-28H,9H2,1H3. The van der Waals surface area contributed by atoms with Crippen LogP contribution in [0.4, 0.5) is 18.9 Å². The third-order valence-electron chi connectivity index (χ3n) is 3.83. The van der Waals surface area contributed by atoms with Crippen LogP contribution < -0.4 is 10.6 Å². The highest BCUT2D eigenvalue weighted by atomic mass is 79.9. The van der Waals surface area contributed by atoms with Crippen LogP contribution in [0.15, 0.2) is 52.6 Å². The monoisotopic (exact) mass is 507 g/mol. The Bertz CT molecular complexity index is 960. The Morgan fingerprint density at radius 3 is 2.34 bits per heavy atom. The highest BCUT2D eigenvalue weighted by molar-refractivity contribution is 9.10. The lowest BCUT2D eigenvalue weighted by Crippen LogP contribution is -2.26. The Morgan fingerprint density at radius 2 is 1.79 bits per heavy atom. The summed E-state index contributed by atoms with van der Waals surface area (Å²) in [6, 6.07) is 10.1. The summed E-state index contributed by atoms with van der Waals surface area (Å²) >= 11 is 15.6. The molecule has 0 heterocycles. The van der Waals surface area contributed by atoms with Crippen LogP contribution in [0.1, 0.15) is 11.1 Å². The van der Waals surface area contributed by atoms with Gasteiger partial charge in [0.05, 0.1) is 5.02 Å². The van der Waals surface area contributed by atoms with Crippen molar-refractivity contribution in [3.8, 4) is 0 Å². The Kier molecular flexibility index (Phi) is 7.73. The molecule has 10 heteroatoms. The lowest BCUT2D eigenvalue weighted by atomic mass is 10.0. The number of carbonyl (C=O) groups is 1. The SMILES string of the molecule is CNC(=CC(=O)C(=N)c1cc(CNc2ccc(Br)cc2)c(Cl)cc1Cl)C(F)(F)F. The van der Waals surface area contributed by atoms with E-state index in [0.29, 0.717) is 16.7 Å². The summed E-state index contributed by atoms with van der Waals surface area (Å²) in [6.45, 7) is 0.256. The molecular weight excluding hydrogens is 494 g/mol. The number of allylic oxidation sites excluding steroid dienone is 2. The lowest BCUT2D eigenvalue weighted by Gasteiger charge is -2.13. The van der Waals surface area contributed by atoms with Gasteiger partial charge in [0.25, 0.3) is 0 Å². The van der Waals surface area contributed by atoms with E-state index >= 15 is 0 Å². The fraction of sp³-hybridized carbons (Fsp3) is 0.158. The molecule has 29 heavy (non-hydrogen) atoms. The van der Waals surface area contributed by atoms with E-state index in [4.69, 9.17) is 28.6 Å². The Morgan fingerprint density at radius 1 is 1.17 bits per heavy atom. The molecule has 0 bridgehead atoms. The fourth-order valence-corrected chi connectivity index (χ4v) is 3.13. The van der Waals surface area contributed by atoms with Crippen LogP contribution in [0.2, 0.25) is 10.0 Å². The summed E-state index contributed by atoms with van der Waals surface area (Å²) in [5.41, 5.74) is -0.607. The van der Waals surface area contributed by atoms with Gasteiger partial charge in [-0.05, 0) is 42.0 Å². The zero-order valence-corrected chi connectivity index (χ0v) is 18.0. The van der Waals surface area contributed by atoms with Gasteiger partial charge in [0.1, 0.15) is 11.4 Å². The quantitative estimate of drug-likeness (QED) is 0.319. The van der Waals surface area contributed by atoms with E-state index in [9.17, 15) is 18.0 Å². The van der Waals surface area contributed by atoms with E-state index in [2.05, 4.69) is 21.2 Å². The number of hydrogen-bond donors (Lipinski definition) is 3. The highest BCUT2D eigenvalue weighted by Gasteiger charge is 2.34. The van der Waals surface area contributed by atoms with E-state index in [1.165, 1.54) is 12.1 Å². The van der Waals surface area contributed by atoms with Crippen molar-refractivity contribution in [1.29, 1.82) is 5.41 Å². The molecule has 0 radical (unpaired) electrons. The minimum absolute atomic E-state index is 0.00726. The third-order valence-corrected chi connectivity index (χ3v) is 5.02. The zero-order chi connectivity index (χ0) is 21.8. The van der Waals surface area contributed by atoms with Crippen molar-refractivity contribution in [1.82, 2.24) is 5.32 Å². The van der Waals surface area contributed by atoms with Crippen LogP contribution in [0.25, 0.3) is 0 Å². The van der Waals surface area contributed by atoms with Crippen molar-refractivity contribution in [3.63, 3.8) is 0 Å². The van der Waals surface area contributed by atoms with Crippen LogP contribution >= 0.6 is 39.1 Å². The summed E-state index contributed by atoms with van der Waals surface area (Å²) in [5.74, 6) is -1.14. The van der Waals surface area contributed by atoms with Crippen molar-refractivity contribution in [2.75, 3.05) is 12.4 Å². The Balaban J connectivity index is 2.27. The zero-order valence-electron chi connectivity index (χ0n) is 14.9. The maximum Gasteiger partial charge on any atom is 0.431 e. The fourth-order valence-electron chi connectivity index (χ4n) is 2.32. The molecule has 0 saturated carbocycles. The van der Waals surface area contributed by atoms with E-state index < -0.39 is 23.4 Å². The van der Waals surface area contributed by atoms with Gasteiger partial charge in [0.2, 0.25) is 5.78 Å². The van der Waals surface area contributed by atoms with Crippen LogP contribution in [-0.2, 0) is 11.3 Å². The van der Waals surface area contributed by atoms with Crippen molar-refractivity contribution >= 4 is 56.3 Å². The molecule has 4 nitrogen and oxygen atoms in total. The van der Waals surface area contributed by atoms with Crippen LogP contribution in [0, 0.1) is 5.41 Å². The molecule has 3 N–H and O–H groups in total. The van der Waals surface area contributed by atoms with E-state index in [1.807, 2.05) is 29.6 Å². The third kappa shape index (κ3) is 6.22. The minimum atomic E-state index is -4.74. The summed E-state index contributed by atoms with van der Waals surface area (Å²) in [5, 5.41) is 13.3. The molecule has 0 aliphatic heterocycles. The number of anilines is 1. The highest BCUT2D eigenvalue weighted by Crippen LogP contribution is 2.28. The van der Waals surface area contributed by atoms with Gasteiger partial charge in [-0.2, -0.15) is 13.2 Å². The molecule has 0 amide bonds. The van der Waals surface area contributed by atoms with Gasteiger partial charge in [0, 0.05) is 40.4 Å². The number of nitrogens with one attached hydrogen (secondary N) is 3. The average molecular weight is 509 g/mol. The Hall–Kier alpha value is -2.03. The summed E-state index contributed by atoms with van der Waals surface area (Å²) < 4.78 is 39.4. The number of rotatable bonds is 7. The largest absolute Gasteiger partial charge is 0.431 e. The predicted octanol–water partition coefficient (Wildman–Crippen LogP) is 5.97. The number of ketones is 1. The summed E-state index contributed by atoms with van der Waals surface area (Å²) in [7, 11) is 1.04. The summed E-state index contributed by atoms with van der Waals surface area (Å²) in [6.07, 6.45) is -4.42. The maximum atomic E-state index is 12.8. The van der Waals surface area contributed by atoms with Gasteiger partial charge in [-0.15, -0.1) is 0 Å². The Labute approximate surface area is 183 Å². The van der Waals surface area contributed by atoms with Crippen molar-refractivity contribution in [2.24, 2.45) is 0 Å². The second-order valence-electron chi connectivity index (χ2n) is 5.83. The number of carbonyl (C=O) groups excluding carboxylic acids is 1. The van der Waals surface area contributed by atoms with Crippen molar-refractivity contribution < 1.29 is 18.0 Å². The maximum absolute atomic E-state index is 12.8. The minimum Gasteiger partial charge on any atom is -0.384 e. The van der Waals surface area contributed by atoms with Crippen molar-refractivity contribution in [2.45, 2.75) is 12.7 Å². The van der Waals surface area contributed by atoms with Crippen LogP contribution in [-0.4, -0.2) is 24.7 Å². The van der Waals surface area contributed by atoms with E-state index in [-0.39, 0.29) is 17.1 Å². The van der Waals surface area contributed by atoms with Gasteiger partial charge in [-0.3, -0.25) is 10.2 Å². The van der Waals surface area contributed by atoms with Crippen LogP contribution in [0.3, 0.4) is 0 Å². The first-order chi connectivity index (χ1) is 13.5. The van der Waals surface area contributed by atoms with Gasteiger partial charge in [0.15, 0.2) is 0 Å². The second kappa shape index (κ2) is 9.65. The first-order valence-corrected chi connectivity index (χ1v) is 9.65. The van der Waals surface area contributed by atoms with Crippen molar-refractivity contribution in [3.05, 3.63) is 73.8 Å². The average Bonchev–Trinajstić information content (AvgIpc) is 2.65. The molecule has 0 spiro atoms. The molecule has 2 rings (SSSR count). The van der Waals surface area contributed by atoms with Gasteiger partial charge in [-0.25, -0.2) is 0 Å². The van der Waals surface area contributed by atoms with E-state index in [0.717, 1.165) is 17.2 Å². The number of hydrogen-bond acceptors (Lipinski definition) is 4. The molecular formula is C19H15BrCl2F3N3O. The molecule has 2 aromatic rings. The number of benzene rings is 2. The first kappa shape index (κ1) is 23.3. The van der Waals surface area contributed by atoms with E-state index in [1.54, 1.807) is 0 Å². The number of halogens is 6. The molecule has 0 aromatic heterocycles. The number of alkyl halides is 3. The van der Waals surface area contributed by atoms with Gasteiger partial charge >= 0.3 is 6.18 Å². The lowest BCUT2D eigenvalue weighted by molar-refractivity contribution is -0.111. The molecule has 154 valence electrons. The smallest absolute Gasteiger partial charge is 0.384 e. The molecule has 2 aromatic carbocycles. The summed E-state index contributed by atoms with van der Waals surface area (Å²) in [4.78, 5) is 12.2. The molecule has 0 fully saturated rings. The molecule has 0 saturated heterocycles. The normalized spacial score (nSPS) is 11.9. The first-order valence-electron chi connectivity index (χ1n) is 8.10. The second-order valence-corrected chi connectivity index (χ2v) is 7.56. The topological polar surface area (TPSA) is 65.0 Å². The molecule has 0 atom stereocenters. The van der Waals surface area contributed by atoms with Crippen LogP contribution in [0.5, 0.6) is 0 Å². The van der Waals surface area contributed by atoms with Gasteiger partial charge < -0.3 is 10.6 Å². The van der Waals surface area contributed by atoms with Gasteiger partial charge in [-0.1, -0.05) is 39.1 Å². The molecule has 0 unspecified atom stereocenters. The predicted molar refractivity (Wildman–Crippen MR) is 113 cm³/mol. The molecule has 0 aliphatic rings.